The van der Waals surface area contributed by atoms with Crippen molar-refractivity contribution in [3.05, 3.63) is 29.3 Å². The van der Waals surface area contributed by atoms with Crippen LogP contribution >= 0.6 is 0 Å². The number of aryl methyl sites for hydroxylation is 2. The predicted molar refractivity (Wildman–Crippen MR) is 63.1 cm³/mol. The van der Waals surface area contributed by atoms with E-state index in [1.54, 1.807) is 19.1 Å². The lowest BCUT2D eigenvalue weighted by Gasteiger charge is -2.09. The summed E-state index contributed by atoms with van der Waals surface area (Å²) >= 11 is 0. The molecule has 0 unspecified atom stereocenters. The predicted octanol–water partition coefficient (Wildman–Crippen LogP) is 0.755. The van der Waals surface area contributed by atoms with Gasteiger partial charge in [0.2, 0.25) is 10.0 Å². The zero-order valence-electron chi connectivity index (χ0n) is 9.98. The molecule has 0 heterocycles. The normalized spacial score (nSPS) is 11.2. The van der Waals surface area contributed by atoms with Crippen molar-refractivity contribution in [2.75, 3.05) is 13.7 Å². The molecule has 0 aromatic heterocycles. The minimum Gasteiger partial charge on any atom is -0.468 e. The van der Waals surface area contributed by atoms with Crippen LogP contribution < -0.4 is 4.72 Å². The largest absolute Gasteiger partial charge is 0.468 e. The number of methoxy groups -OCH3 is 1. The van der Waals surface area contributed by atoms with E-state index in [4.69, 9.17) is 0 Å². The summed E-state index contributed by atoms with van der Waals surface area (Å²) in [7, 11) is -2.46. The number of carbonyl (C=O) groups excluding carboxylic acids is 1. The monoisotopic (exact) mass is 257 g/mol. The van der Waals surface area contributed by atoms with E-state index < -0.39 is 16.0 Å². The number of carbonyl (C=O) groups is 1. The molecule has 0 amide bonds. The summed E-state index contributed by atoms with van der Waals surface area (Å²) in [6.07, 6.45) is 0. The number of rotatable bonds is 4. The van der Waals surface area contributed by atoms with E-state index in [2.05, 4.69) is 9.46 Å². The molecule has 0 saturated carbocycles. The van der Waals surface area contributed by atoms with Crippen LogP contribution in [0.25, 0.3) is 0 Å². The zero-order valence-corrected chi connectivity index (χ0v) is 10.8. The van der Waals surface area contributed by atoms with Gasteiger partial charge in [0.05, 0.1) is 12.0 Å². The molecule has 0 aliphatic rings. The summed E-state index contributed by atoms with van der Waals surface area (Å²) in [6.45, 7) is 3.22. The Morgan fingerprint density at radius 3 is 2.53 bits per heavy atom. The highest BCUT2D eigenvalue weighted by atomic mass is 32.2. The molecule has 6 heteroatoms. The average Bonchev–Trinajstić information content (AvgIpc) is 2.25. The molecule has 1 rings (SSSR count). The number of esters is 1. The summed E-state index contributed by atoms with van der Waals surface area (Å²) in [6, 6.07) is 5.00. The van der Waals surface area contributed by atoms with Crippen molar-refractivity contribution in [3.8, 4) is 0 Å². The van der Waals surface area contributed by atoms with E-state index in [1.165, 1.54) is 13.2 Å². The molecule has 0 saturated heterocycles. The molecular formula is C11H15NO4S. The van der Waals surface area contributed by atoms with Gasteiger partial charge in [-0.15, -0.1) is 0 Å². The van der Waals surface area contributed by atoms with Crippen molar-refractivity contribution < 1.29 is 17.9 Å². The fourth-order valence-corrected chi connectivity index (χ4v) is 2.60. The third-order valence-corrected chi connectivity index (χ3v) is 3.82. The number of nitrogens with one attached hydrogen (secondary N) is 1. The summed E-state index contributed by atoms with van der Waals surface area (Å²) in [5, 5.41) is 0. The lowest BCUT2D eigenvalue weighted by molar-refractivity contribution is -0.139. The fraction of sp³-hybridized carbons (Fsp3) is 0.364. The zero-order chi connectivity index (χ0) is 13.1. The topological polar surface area (TPSA) is 72.5 Å². The van der Waals surface area contributed by atoms with Gasteiger partial charge in [-0.3, -0.25) is 4.79 Å². The van der Waals surface area contributed by atoms with Gasteiger partial charge < -0.3 is 4.74 Å². The number of sulfonamides is 1. The van der Waals surface area contributed by atoms with Crippen LogP contribution in [-0.2, 0) is 19.6 Å². The van der Waals surface area contributed by atoms with E-state index in [9.17, 15) is 13.2 Å². The molecule has 0 bridgehead atoms. The van der Waals surface area contributed by atoms with Gasteiger partial charge >= 0.3 is 5.97 Å². The second-order valence-electron chi connectivity index (χ2n) is 3.67. The second-order valence-corrected chi connectivity index (χ2v) is 5.41. The lowest BCUT2D eigenvalue weighted by Crippen LogP contribution is -2.30. The van der Waals surface area contributed by atoms with E-state index in [1.807, 2.05) is 6.92 Å². The van der Waals surface area contributed by atoms with E-state index >= 15 is 0 Å². The molecule has 0 spiro atoms. The molecular weight excluding hydrogens is 242 g/mol. The van der Waals surface area contributed by atoms with E-state index in [0.717, 1.165) is 5.56 Å². The van der Waals surface area contributed by atoms with Crippen LogP contribution in [0.3, 0.4) is 0 Å². The first-order chi connectivity index (χ1) is 7.86. The highest BCUT2D eigenvalue weighted by Gasteiger charge is 2.17. The molecule has 0 fully saturated rings. The van der Waals surface area contributed by atoms with Crippen LogP contribution in [0.4, 0.5) is 0 Å². The van der Waals surface area contributed by atoms with Gasteiger partial charge in [0.1, 0.15) is 6.54 Å². The van der Waals surface area contributed by atoms with Crippen LogP contribution in [0.1, 0.15) is 11.1 Å². The fourth-order valence-electron chi connectivity index (χ4n) is 1.40. The van der Waals surface area contributed by atoms with Gasteiger partial charge in [0.25, 0.3) is 0 Å². The van der Waals surface area contributed by atoms with Gasteiger partial charge in [-0.1, -0.05) is 17.7 Å². The third kappa shape index (κ3) is 3.54. The van der Waals surface area contributed by atoms with Crippen LogP contribution in [-0.4, -0.2) is 28.0 Å². The maximum absolute atomic E-state index is 11.9. The smallest absolute Gasteiger partial charge is 0.320 e. The molecule has 17 heavy (non-hydrogen) atoms. The molecule has 5 nitrogen and oxygen atoms in total. The quantitative estimate of drug-likeness (QED) is 0.808. The minimum atomic E-state index is -3.66. The van der Waals surface area contributed by atoms with Gasteiger partial charge in [0.15, 0.2) is 0 Å². The first-order valence-electron chi connectivity index (χ1n) is 5.00. The van der Waals surface area contributed by atoms with Gasteiger partial charge in [-0.2, -0.15) is 4.72 Å². The maximum Gasteiger partial charge on any atom is 0.320 e. The Labute approximate surface area is 101 Å². The molecule has 0 aliphatic carbocycles. The summed E-state index contributed by atoms with van der Waals surface area (Å²) in [5.41, 5.74) is 1.62. The third-order valence-electron chi connectivity index (χ3n) is 2.25. The molecule has 0 aliphatic heterocycles. The number of hydrogen-bond acceptors (Lipinski definition) is 4. The average molecular weight is 257 g/mol. The number of ether oxygens (including phenoxy) is 1. The van der Waals surface area contributed by atoms with Crippen LogP contribution in [0.2, 0.25) is 0 Å². The maximum atomic E-state index is 11.9. The standard InChI is InChI=1S/C11H15NO4S/c1-8-4-5-10(9(2)6-8)17(14,15)12-7-11(13)16-3/h4-6,12H,7H2,1-3H3. The van der Waals surface area contributed by atoms with Crippen molar-refractivity contribution in [2.24, 2.45) is 0 Å². The summed E-state index contributed by atoms with van der Waals surface area (Å²) < 4.78 is 30.3. The van der Waals surface area contributed by atoms with Crippen molar-refractivity contribution >= 4 is 16.0 Å². The first kappa shape index (κ1) is 13.7. The van der Waals surface area contributed by atoms with Crippen molar-refractivity contribution in [2.45, 2.75) is 18.7 Å². The molecule has 1 N–H and O–H groups in total. The highest BCUT2D eigenvalue weighted by Crippen LogP contribution is 2.15. The Morgan fingerprint density at radius 2 is 2.00 bits per heavy atom. The van der Waals surface area contributed by atoms with Crippen LogP contribution in [0.15, 0.2) is 23.1 Å². The lowest BCUT2D eigenvalue weighted by atomic mass is 10.2. The number of benzene rings is 1. The highest BCUT2D eigenvalue weighted by molar-refractivity contribution is 7.89. The Morgan fingerprint density at radius 1 is 1.35 bits per heavy atom. The van der Waals surface area contributed by atoms with Crippen molar-refractivity contribution in [1.82, 2.24) is 4.72 Å². The Bertz CT molecular complexity index is 522. The number of hydrogen-bond donors (Lipinski definition) is 1. The summed E-state index contributed by atoms with van der Waals surface area (Å²) in [5.74, 6) is -0.627. The SMILES string of the molecule is COC(=O)CNS(=O)(=O)c1ccc(C)cc1C. The van der Waals surface area contributed by atoms with Gasteiger partial charge in [-0.05, 0) is 25.5 Å². The Kier molecular flexibility index (Phi) is 4.25. The van der Waals surface area contributed by atoms with Crippen LogP contribution in [0.5, 0.6) is 0 Å². The van der Waals surface area contributed by atoms with Crippen molar-refractivity contribution in [1.29, 1.82) is 0 Å². The molecule has 0 radical (unpaired) electrons. The van der Waals surface area contributed by atoms with E-state index in [-0.39, 0.29) is 11.4 Å². The van der Waals surface area contributed by atoms with Gasteiger partial charge in [0, 0.05) is 0 Å². The molecule has 94 valence electrons. The first-order valence-corrected chi connectivity index (χ1v) is 6.49. The molecule has 0 atom stereocenters. The Balaban J connectivity index is 2.94. The molecule has 1 aromatic rings. The van der Waals surface area contributed by atoms with Crippen molar-refractivity contribution in [3.63, 3.8) is 0 Å². The van der Waals surface area contributed by atoms with Gasteiger partial charge in [-0.25, -0.2) is 8.42 Å². The summed E-state index contributed by atoms with van der Waals surface area (Å²) in [4.78, 5) is 11.1. The van der Waals surface area contributed by atoms with Crippen LogP contribution in [0, 0.1) is 13.8 Å². The second kappa shape index (κ2) is 5.29. The molecule has 1 aromatic carbocycles. The minimum absolute atomic E-state index is 0.173. The van der Waals surface area contributed by atoms with E-state index in [0.29, 0.717) is 5.56 Å². The Hall–Kier alpha value is -1.40.